The van der Waals surface area contributed by atoms with Gasteiger partial charge < -0.3 is 4.74 Å². The zero-order valence-electron chi connectivity index (χ0n) is 8.15. The van der Waals surface area contributed by atoms with Crippen LogP contribution in [0.15, 0.2) is 5.29 Å². The fraction of sp³-hybridized carbons (Fsp3) is 0.875. The molecule has 0 radical (unpaired) electrons. The van der Waals surface area contributed by atoms with E-state index in [-0.39, 0.29) is 5.97 Å². The van der Waals surface area contributed by atoms with E-state index >= 15 is 0 Å². The molecule has 5 nitrogen and oxygen atoms in total. The molecule has 0 unspecified atom stereocenters. The maximum absolute atomic E-state index is 10.4. The van der Waals surface area contributed by atoms with Gasteiger partial charge >= 0.3 is 5.97 Å². The number of rotatable bonds is 7. The number of hydrogen-bond donors (Lipinski definition) is 0. The van der Waals surface area contributed by atoms with Crippen LogP contribution in [0.1, 0.15) is 26.7 Å². The highest BCUT2D eigenvalue weighted by molar-refractivity contribution is 5.65. The standard InChI is InChI=1S/C8H16N2O3/c1-3-5-10(9-12)6-4-7-13-8(2)11/h3-7H2,1-2H3. The van der Waals surface area contributed by atoms with Crippen molar-refractivity contribution in [1.82, 2.24) is 5.01 Å². The first-order chi connectivity index (χ1) is 6.20. The lowest BCUT2D eigenvalue weighted by Gasteiger charge is -2.13. The van der Waals surface area contributed by atoms with Gasteiger partial charge in [0.25, 0.3) is 0 Å². The van der Waals surface area contributed by atoms with Gasteiger partial charge in [0, 0.05) is 26.4 Å². The molecule has 0 atom stereocenters. The van der Waals surface area contributed by atoms with Crippen LogP contribution in [0.5, 0.6) is 0 Å². The zero-order chi connectivity index (χ0) is 10.1. The average molecular weight is 188 g/mol. The summed E-state index contributed by atoms with van der Waals surface area (Å²) in [6.45, 7) is 4.89. The average Bonchev–Trinajstić information content (AvgIpc) is 2.10. The summed E-state index contributed by atoms with van der Waals surface area (Å²) in [5, 5.41) is 4.27. The van der Waals surface area contributed by atoms with E-state index in [0.29, 0.717) is 26.1 Å². The predicted octanol–water partition coefficient (Wildman–Crippen LogP) is 1.33. The zero-order valence-corrected chi connectivity index (χ0v) is 8.15. The Bertz CT molecular complexity index is 161. The van der Waals surface area contributed by atoms with Crippen molar-refractivity contribution in [3.63, 3.8) is 0 Å². The molecule has 13 heavy (non-hydrogen) atoms. The summed E-state index contributed by atoms with van der Waals surface area (Å²) >= 11 is 0. The fourth-order valence-electron chi connectivity index (χ4n) is 0.915. The van der Waals surface area contributed by atoms with E-state index in [9.17, 15) is 9.70 Å². The van der Waals surface area contributed by atoms with Gasteiger partial charge in [0.1, 0.15) is 0 Å². The Hall–Kier alpha value is -1.13. The quantitative estimate of drug-likeness (QED) is 0.262. The maximum atomic E-state index is 10.4. The van der Waals surface area contributed by atoms with Gasteiger partial charge in [-0.15, -0.1) is 4.91 Å². The minimum absolute atomic E-state index is 0.291. The molecule has 0 aromatic heterocycles. The number of ether oxygens (including phenoxy) is 1. The Morgan fingerprint density at radius 3 is 2.62 bits per heavy atom. The molecular formula is C8H16N2O3. The van der Waals surface area contributed by atoms with Crippen LogP contribution in [0, 0.1) is 4.91 Å². The van der Waals surface area contributed by atoms with Gasteiger partial charge in [-0.05, 0) is 6.42 Å². The third-order valence-electron chi connectivity index (χ3n) is 1.46. The summed E-state index contributed by atoms with van der Waals surface area (Å²) in [4.78, 5) is 20.6. The molecule has 0 bridgehead atoms. The van der Waals surface area contributed by atoms with Crippen LogP contribution >= 0.6 is 0 Å². The van der Waals surface area contributed by atoms with Gasteiger partial charge in [-0.1, -0.05) is 6.92 Å². The fourth-order valence-corrected chi connectivity index (χ4v) is 0.915. The predicted molar refractivity (Wildman–Crippen MR) is 48.9 cm³/mol. The number of nitroso groups, excluding NO2 is 1. The third kappa shape index (κ3) is 7.24. The Morgan fingerprint density at radius 1 is 1.46 bits per heavy atom. The summed E-state index contributed by atoms with van der Waals surface area (Å²) in [5.41, 5.74) is 0. The SMILES string of the molecule is CCCN(CCCOC(C)=O)N=O. The number of hydrogen-bond acceptors (Lipinski definition) is 4. The van der Waals surface area contributed by atoms with Gasteiger partial charge in [0.2, 0.25) is 0 Å². The van der Waals surface area contributed by atoms with Crippen molar-refractivity contribution in [2.24, 2.45) is 5.29 Å². The third-order valence-corrected chi connectivity index (χ3v) is 1.46. The molecule has 0 spiro atoms. The Labute approximate surface area is 78.0 Å². The van der Waals surface area contributed by atoms with Crippen molar-refractivity contribution in [1.29, 1.82) is 0 Å². The highest BCUT2D eigenvalue weighted by Crippen LogP contribution is 1.94. The highest BCUT2D eigenvalue weighted by Gasteiger charge is 2.00. The van der Waals surface area contributed by atoms with E-state index < -0.39 is 0 Å². The van der Waals surface area contributed by atoms with Gasteiger partial charge in [-0.25, -0.2) is 0 Å². The first kappa shape index (κ1) is 11.9. The molecule has 0 saturated carbocycles. The topological polar surface area (TPSA) is 59.0 Å². The monoisotopic (exact) mass is 188 g/mol. The molecule has 0 aromatic carbocycles. The van der Waals surface area contributed by atoms with E-state index in [1.54, 1.807) is 0 Å². The number of carbonyl (C=O) groups excluding carboxylic acids is 1. The van der Waals surface area contributed by atoms with E-state index in [2.05, 4.69) is 5.29 Å². The van der Waals surface area contributed by atoms with Crippen molar-refractivity contribution in [2.45, 2.75) is 26.7 Å². The molecule has 0 saturated heterocycles. The number of carbonyl (C=O) groups is 1. The van der Waals surface area contributed by atoms with Crippen molar-refractivity contribution in [3.8, 4) is 0 Å². The Morgan fingerprint density at radius 2 is 2.15 bits per heavy atom. The van der Waals surface area contributed by atoms with Gasteiger partial charge in [-0.2, -0.15) is 0 Å². The summed E-state index contributed by atoms with van der Waals surface area (Å²) in [7, 11) is 0. The molecule has 5 heteroatoms. The van der Waals surface area contributed by atoms with Crippen molar-refractivity contribution < 1.29 is 9.53 Å². The lowest BCUT2D eigenvalue weighted by molar-refractivity contribution is -0.141. The summed E-state index contributed by atoms with van der Waals surface area (Å²) in [5.74, 6) is -0.291. The minimum atomic E-state index is -0.291. The molecule has 0 rings (SSSR count). The molecule has 0 N–H and O–H groups in total. The first-order valence-electron chi connectivity index (χ1n) is 4.42. The van der Waals surface area contributed by atoms with E-state index in [4.69, 9.17) is 4.74 Å². The Kier molecular flexibility index (Phi) is 6.86. The second kappa shape index (κ2) is 7.52. The molecule has 0 aromatic rings. The summed E-state index contributed by atoms with van der Waals surface area (Å²) in [6, 6.07) is 0. The molecule has 0 aliphatic rings. The van der Waals surface area contributed by atoms with E-state index in [0.717, 1.165) is 6.42 Å². The van der Waals surface area contributed by atoms with Crippen LogP contribution in [0.4, 0.5) is 0 Å². The van der Waals surface area contributed by atoms with Crippen molar-refractivity contribution in [2.75, 3.05) is 19.7 Å². The van der Waals surface area contributed by atoms with Crippen LogP contribution in [0.3, 0.4) is 0 Å². The lowest BCUT2D eigenvalue weighted by atomic mass is 10.4. The van der Waals surface area contributed by atoms with Crippen molar-refractivity contribution >= 4 is 5.97 Å². The molecule has 0 aliphatic carbocycles. The van der Waals surface area contributed by atoms with Crippen molar-refractivity contribution in [3.05, 3.63) is 4.91 Å². The second-order valence-electron chi connectivity index (χ2n) is 2.73. The molecular weight excluding hydrogens is 172 g/mol. The Balaban J connectivity index is 3.37. The molecule has 0 heterocycles. The summed E-state index contributed by atoms with van der Waals surface area (Å²) < 4.78 is 4.71. The largest absolute Gasteiger partial charge is 0.466 e. The van der Waals surface area contributed by atoms with Crippen LogP contribution < -0.4 is 0 Å². The van der Waals surface area contributed by atoms with Crippen LogP contribution in [-0.2, 0) is 9.53 Å². The van der Waals surface area contributed by atoms with Crippen LogP contribution in [-0.4, -0.2) is 30.7 Å². The molecule has 0 fully saturated rings. The van der Waals surface area contributed by atoms with Gasteiger partial charge in [0.15, 0.2) is 0 Å². The highest BCUT2D eigenvalue weighted by atomic mass is 16.5. The van der Waals surface area contributed by atoms with Gasteiger partial charge in [0.05, 0.1) is 11.9 Å². The summed E-state index contributed by atoms with van der Waals surface area (Å²) in [6.07, 6.45) is 1.53. The van der Waals surface area contributed by atoms with E-state index in [1.165, 1.54) is 11.9 Å². The molecule has 0 amide bonds. The lowest BCUT2D eigenvalue weighted by Crippen LogP contribution is -2.20. The van der Waals surface area contributed by atoms with E-state index in [1.807, 2.05) is 6.92 Å². The van der Waals surface area contributed by atoms with Crippen LogP contribution in [0.2, 0.25) is 0 Å². The maximum Gasteiger partial charge on any atom is 0.302 e. The first-order valence-corrected chi connectivity index (χ1v) is 4.42. The molecule has 76 valence electrons. The smallest absolute Gasteiger partial charge is 0.302 e. The minimum Gasteiger partial charge on any atom is -0.466 e. The van der Waals surface area contributed by atoms with Crippen LogP contribution in [0.25, 0.3) is 0 Å². The number of esters is 1. The number of nitrogens with zero attached hydrogens (tertiary/aromatic N) is 2. The molecule has 0 aliphatic heterocycles. The normalized spacial score (nSPS) is 9.38. The van der Waals surface area contributed by atoms with Gasteiger partial charge in [-0.3, -0.25) is 9.80 Å². The second-order valence-corrected chi connectivity index (χ2v) is 2.73.